The number of amides is 1. The molecule has 0 spiro atoms. The highest BCUT2D eigenvalue weighted by atomic mass is 16.3. The molecule has 0 bridgehead atoms. The number of primary amides is 1. The second-order valence-corrected chi connectivity index (χ2v) is 4.23. The minimum atomic E-state index is -0.592. The first-order chi connectivity index (χ1) is 5.42. The summed E-state index contributed by atoms with van der Waals surface area (Å²) in [5.74, 6) is -0.0468. The van der Waals surface area contributed by atoms with E-state index in [0.717, 1.165) is 6.42 Å². The van der Waals surface area contributed by atoms with E-state index in [1.807, 2.05) is 13.8 Å². The Morgan fingerprint density at radius 3 is 2.67 bits per heavy atom. The molecule has 3 N–H and O–H groups in total. The second-order valence-electron chi connectivity index (χ2n) is 4.23. The number of hydrogen-bond donors (Lipinski definition) is 2. The summed E-state index contributed by atoms with van der Waals surface area (Å²) < 4.78 is 0. The van der Waals surface area contributed by atoms with Gasteiger partial charge in [-0.05, 0) is 32.1 Å². The highest BCUT2D eigenvalue weighted by Crippen LogP contribution is 2.35. The minimum absolute atomic E-state index is 0.0368. The molecule has 0 aromatic carbocycles. The van der Waals surface area contributed by atoms with Gasteiger partial charge >= 0.3 is 0 Å². The summed E-state index contributed by atoms with van der Waals surface area (Å²) in [6.07, 6.45) is 2.09. The van der Waals surface area contributed by atoms with Crippen LogP contribution in [0.5, 0.6) is 0 Å². The molecule has 3 nitrogen and oxygen atoms in total. The largest absolute Gasteiger partial charge is 0.390 e. The van der Waals surface area contributed by atoms with Crippen LogP contribution in [0, 0.1) is 11.8 Å². The molecule has 3 atom stereocenters. The molecule has 1 aliphatic rings. The van der Waals surface area contributed by atoms with E-state index in [0.29, 0.717) is 12.8 Å². The molecule has 0 radical (unpaired) electrons. The number of carbonyl (C=O) groups is 1. The lowest BCUT2D eigenvalue weighted by molar-refractivity contribution is -0.126. The van der Waals surface area contributed by atoms with E-state index in [4.69, 9.17) is 5.73 Å². The number of aliphatic hydroxyl groups is 1. The molecule has 70 valence electrons. The fourth-order valence-electron chi connectivity index (χ4n) is 2.11. The first-order valence-corrected chi connectivity index (χ1v) is 4.44. The van der Waals surface area contributed by atoms with Gasteiger partial charge in [0.05, 0.1) is 5.60 Å². The Kier molecular flexibility index (Phi) is 2.42. The van der Waals surface area contributed by atoms with Crippen molar-refractivity contribution in [3.05, 3.63) is 0 Å². The van der Waals surface area contributed by atoms with Gasteiger partial charge in [-0.15, -0.1) is 0 Å². The molecule has 3 heteroatoms. The normalized spacial score (nSPS) is 42.6. The first-order valence-electron chi connectivity index (χ1n) is 4.44. The van der Waals surface area contributed by atoms with Crippen LogP contribution in [-0.4, -0.2) is 16.6 Å². The van der Waals surface area contributed by atoms with Gasteiger partial charge in [0.1, 0.15) is 0 Å². The van der Waals surface area contributed by atoms with E-state index >= 15 is 0 Å². The molecular formula is C9H17NO2. The van der Waals surface area contributed by atoms with Crippen LogP contribution in [0.3, 0.4) is 0 Å². The first kappa shape index (κ1) is 9.52. The van der Waals surface area contributed by atoms with Gasteiger partial charge in [-0.25, -0.2) is 0 Å². The maximum Gasteiger partial charge on any atom is 0.220 e. The van der Waals surface area contributed by atoms with Gasteiger partial charge in [0, 0.05) is 5.92 Å². The van der Waals surface area contributed by atoms with E-state index in [9.17, 15) is 9.90 Å². The Hall–Kier alpha value is -0.570. The van der Waals surface area contributed by atoms with Crippen LogP contribution in [-0.2, 0) is 4.79 Å². The molecule has 1 unspecified atom stereocenters. The van der Waals surface area contributed by atoms with Crippen LogP contribution < -0.4 is 5.73 Å². The maximum atomic E-state index is 10.9. The van der Waals surface area contributed by atoms with Crippen molar-refractivity contribution >= 4 is 5.91 Å². The minimum Gasteiger partial charge on any atom is -0.390 e. The number of nitrogens with two attached hydrogens (primary N) is 1. The van der Waals surface area contributed by atoms with E-state index in [1.54, 1.807) is 0 Å². The molecule has 1 amide bonds. The van der Waals surface area contributed by atoms with Crippen LogP contribution in [0.15, 0.2) is 0 Å². The molecule has 1 rings (SSSR count). The van der Waals surface area contributed by atoms with Gasteiger partial charge in [0.2, 0.25) is 5.91 Å². The Morgan fingerprint density at radius 2 is 2.25 bits per heavy atom. The molecule has 1 saturated carbocycles. The van der Waals surface area contributed by atoms with Gasteiger partial charge in [-0.1, -0.05) is 6.92 Å². The fourth-order valence-corrected chi connectivity index (χ4v) is 2.11. The average Bonchev–Trinajstić information content (AvgIpc) is 1.83. The van der Waals surface area contributed by atoms with Crippen LogP contribution in [0.1, 0.15) is 33.1 Å². The molecule has 0 aromatic heterocycles. The fraction of sp³-hybridized carbons (Fsp3) is 0.889. The topological polar surface area (TPSA) is 63.3 Å². The molecule has 0 aliphatic heterocycles. The lowest BCUT2D eigenvalue weighted by Crippen LogP contribution is -2.40. The summed E-state index contributed by atoms with van der Waals surface area (Å²) in [4.78, 5) is 10.9. The molecule has 1 fully saturated rings. The molecule has 0 heterocycles. The van der Waals surface area contributed by atoms with Crippen LogP contribution in [0.2, 0.25) is 0 Å². The standard InChI is InChI=1S/C9H17NO2/c1-6-5-9(2,12)4-3-7(6)8(10)11/h6-7,12H,3-5H2,1-2H3,(H2,10,11)/t6-,7+,9?/m1/s1. The van der Waals surface area contributed by atoms with Crippen LogP contribution in [0.25, 0.3) is 0 Å². The van der Waals surface area contributed by atoms with Crippen molar-refractivity contribution in [2.75, 3.05) is 0 Å². The zero-order valence-corrected chi connectivity index (χ0v) is 7.71. The van der Waals surface area contributed by atoms with Crippen molar-refractivity contribution in [1.82, 2.24) is 0 Å². The molecule has 0 aromatic rings. The quantitative estimate of drug-likeness (QED) is 0.608. The smallest absolute Gasteiger partial charge is 0.220 e. The summed E-state index contributed by atoms with van der Waals surface area (Å²) in [6.45, 7) is 3.80. The zero-order chi connectivity index (χ0) is 9.35. The number of hydrogen-bond acceptors (Lipinski definition) is 2. The predicted octanol–water partition coefficient (Wildman–Crippen LogP) is 0.659. The Balaban J connectivity index is 2.60. The van der Waals surface area contributed by atoms with Crippen molar-refractivity contribution in [2.24, 2.45) is 17.6 Å². The maximum absolute atomic E-state index is 10.9. The SMILES string of the molecule is C[C@@H]1CC(C)(O)CC[C@@H]1C(N)=O. The van der Waals surface area contributed by atoms with Gasteiger partial charge < -0.3 is 10.8 Å². The molecule has 1 aliphatic carbocycles. The Bertz CT molecular complexity index is 189. The Labute approximate surface area is 72.9 Å². The van der Waals surface area contributed by atoms with Crippen LogP contribution >= 0.6 is 0 Å². The van der Waals surface area contributed by atoms with Gasteiger partial charge in [-0.3, -0.25) is 4.79 Å². The van der Waals surface area contributed by atoms with E-state index < -0.39 is 5.60 Å². The van der Waals surface area contributed by atoms with Crippen molar-refractivity contribution in [3.8, 4) is 0 Å². The lowest BCUT2D eigenvalue weighted by atomic mass is 9.73. The molecule has 12 heavy (non-hydrogen) atoms. The zero-order valence-electron chi connectivity index (χ0n) is 7.71. The third kappa shape index (κ3) is 1.97. The Morgan fingerprint density at radius 1 is 1.67 bits per heavy atom. The van der Waals surface area contributed by atoms with Gasteiger partial charge in [-0.2, -0.15) is 0 Å². The van der Waals surface area contributed by atoms with E-state index in [-0.39, 0.29) is 17.7 Å². The second kappa shape index (κ2) is 3.05. The number of rotatable bonds is 1. The number of carbonyl (C=O) groups excluding carboxylic acids is 1. The summed E-state index contributed by atoms with van der Waals surface area (Å²) in [7, 11) is 0. The summed E-state index contributed by atoms with van der Waals surface area (Å²) in [5.41, 5.74) is 4.63. The van der Waals surface area contributed by atoms with Gasteiger partial charge in [0.15, 0.2) is 0 Å². The predicted molar refractivity (Wildman–Crippen MR) is 46.3 cm³/mol. The highest BCUT2D eigenvalue weighted by Gasteiger charge is 2.36. The van der Waals surface area contributed by atoms with Crippen molar-refractivity contribution < 1.29 is 9.90 Å². The third-order valence-electron chi connectivity index (χ3n) is 2.81. The van der Waals surface area contributed by atoms with Gasteiger partial charge in [0.25, 0.3) is 0 Å². The average molecular weight is 171 g/mol. The molecular weight excluding hydrogens is 154 g/mol. The van der Waals surface area contributed by atoms with E-state index in [2.05, 4.69) is 0 Å². The summed E-state index contributed by atoms with van der Waals surface area (Å²) in [5, 5.41) is 9.69. The lowest BCUT2D eigenvalue weighted by Gasteiger charge is -2.36. The van der Waals surface area contributed by atoms with Crippen molar-refractivity contribution in [2.45, 2.75) is 38.7 Å². The third-order valence-corrected chi connectivity index (χ3v) is 2.81. The van der Waals surface area contributed by atoms with Crippen molar-refractivity contribution in [1.29, 1.82) is 0 Å². The van der Waals surface area contributed by atoms with Crippen molar-refractivity contribution in [3.63, 3.8) is 0 Å². The summed E-state index contributed by atoms with van der Waals surface area (Å²) >= 11 is 0. The monoisotopic (exact) mass is 171 g/mol. The highest BCUT2D eigenvalue weighted by molar-refractivity contribution is 5.77. The van der Waals surface area contributed by atoms with E-state index in [1.165, 1.54) is 0 Å². The molecule has 0 saturated heterocycles. The summed E-state index contributed by atoms with van der Waals surface area (Å²) in [6, 6.07) is 0. The van der Waals surface area contributed by atoms with Crippen LogP contribution in [0.4, 0.5) is 0 Å².